The number of hydrogen-bond acceptors (Lipinski definition) is 17. The van der Waals surface area contributed by atoms with Gasteiger partial charge in [0.2, 0.25) is 17.0 Å². The van der Waals surface area contributed by atoms with Gasteiger partial charge in [-0.2, -0.15) is 0 Å². The maximum absolute atomic E-state index is 14.3. The molecule has 8 amide bonds. The number of carboxylic acids is 1. The van der Waals surface area contributed by atoms with Crippen LogP contribution in [-0.4, -0.2) is 151 Å². The molecule has 3 unspecified atom stereocenters. The first-order valence-corrected chi connectivity index (χ1v) is 24.5. The Bertz CT molecular complexity index is 2890. The Labute approximate surface area is 426 Å². The third kappa shape index (κ3) is 11.0. The van der Waals surface area contributed by atoms with Gasteiger partial charge in [0.1, 0.15) is 35.5 Å². The minimum Gasteiger partial charge on any atom is -0.477 e. The van der Waals surface area contributed by atoms with E-state index in [1.807, 2.05) is 0 Å². The lowest BCUT2D eigenvalue weighted by Gasteiger charge is -2.46. The van der Waals surface area contributed by atoms with Crippen LogP contribution in [0.2, 0.25) is 0 Å². The summed E-state index contributed by atoms with van der Waals surface area (Å²) in [5.41, 5.74) is -1.81. The van der Waals surface area contributed by atoms with E-state index >= 15 is 0 Å². The van der Waals surface area contributed by atoms with E-state index in [1.54, 1.807) is 101 Å². The number of carboxylic acid groups (broad SMARTS) is 1. The van der Waals surface area contributed by atoms with E-state index in [9.17, 15) is 48.3 Å². The van der Waals surface area contributed by atoms with Crippen molar-refractivity contribution >= 4 is 94.4 Å². The molecular formula is C47H52N11O13S2+. The number of fused-ring (bicyclic) bond motifs is 1. The van der Waals surface area contributed by atoms with Crippen LogP contribution in [0.4, 0.5) is 31.4 Å². The fourth-order valence-electron chi connectivity index (χ4n) is 8.54. The lowest BCUT2D eigenvalue weighted by Crippen LogP contribution is -2.69. The maximum Gasteiger partial charge on any atom is 0.412 e. The highest BCUT2D eigenvalue weighted by atomic mass is 32.2. The Hall–Kier alpha value is -7.84. The standard InChI is InChI=1S/C47H51N11O13S2/c1-7-58(22-21-56(38(61)39(58)62)42(66)48-24-33(59)51-37-28(25-72-43-52-53-54-55(43)5)36(40(63)64)57-34(60)23-35(57)73-37)32-20-14-13-19-31(32)50-44(67)70-26-47(41(65)69-6,27-15-9-8-10-16-27)29-17-11-12-18-30(29)49-45(68)71-46(2,3)4/h8-20,35,37H,7,21-26H2,1-6H3,(H4-,48,49,50,51,59,63,64,66,67,68)/p+1/t35-,37?,47?,58?/m0/s1. The summed E-state index contributed by atoms with van der Waals surface area (Å²) in [6.07, 6.45) is -1.82. The van der Waals surface area contributed by atoms with Crippen molar-refractivity contribution in [3.8, 4) is 0 Å². The van der Waals surface area contributed by atoms with Crippen molar-refractivity contribution in [2.75, 3.05) is 56.3 Å². The summed E-state index contributed by atoms with van der Waals surface area (Å²) < 4.78 is 17.4. The number of para-hydroxylation sites is 3. The number of imide groups is 1. The summed E-state index contributed by atoms with van der Waals surface area (Å²) >= 11 is 2.23. The molecular weight excluding hydrogens is 991 g/mol. The second-order valence-corrected chi connectivity index (χ2v) is 19.9. The number of benzene rings is 3. The molecule has 5 N–H and O–H groups in total. The topological polar surface area (TPSA) is 300 Å². The minimum absolute atomic E-state index is 0.000214. The van der Waals surface area contributed by atoms with Crippen LogP contribution in [-0.2, 0) is 55.4 Å². The molecule has 0 spiro atoms. The number of tetrazole rings is 1. The summed E-state index contributed by atoms with van der Waals surface area (Å²) in [6.45, 7) is 4.96. The first-order chi connectivity index (χ1) is 34.7. The van der Waals surface area contributed by atoms with Gasteiger partial charge in [-0.25, -0.2) is 38.0 Å². The highest BCUT2D eigenvalue weighted by Gasteiger charge is 2.53. The number of anilines is 2. The van der Waals surface area contributed by atoms with E-state index in [0.29, 0.717) is 15.6 Å². The van der Waals surface area contributed by atoms with Crippen molar-refractivity contribution in [2.24, 2.45) is 7.05 Å². The van der Waals surface area contributed by atoms with E-state index in [1.165, 1.54) is 23.9 Å². The molecule has 3 aliphatic heterocycles. The molecule has 2 fully saturated rings. The summed E-state index contributed by atoms with van der Waals surface area (Å²) in [6, 6.07) is 19.9. The highest BCUT2D eigenvalue weighted by molar-refractivity contribution is 8.01. The Morgan fingerprint density at radius 1 is 0.918 bits per heavy atom. The number of β-lactam (4-membered cyclic amide) rings is 1. The van der Waals surface area contributed by atoms with Crippen LogP contribution in [0.1, 0.15) is 45.2 Å². The van der Waals surface area contributed by atoms with Gasteiger partial charge < -0.3 is 30.0 Å². The summed E-state index contributed by atoms with van der Waals surface area (Å²) in [5, 5.41) is 30.7. The van der Waals surface area contributed by atoms with Crippen LogP contribution in [0.5, 0.6) is 0 Å². The molecule has 0 saturated carbocycles. The van der Waals surface area contributed by atoms with Crippen molar-refractivity contribution in [1.29, 1.82) is 0 Å². The van der Waals surface area contributed by atoms with Crippen molar-refractivity contribution in [2.45, 2.75) is 61.0 Å². The second kappa shape index (κ2) is 21.9. The molecule has 4 heterocycles. The van der Waals surface area contributed by atoms with Crippen LogP contribution in [0.25, 0.3) is 0 Å². The van der Waals surface area contributed by atoms with Gasteiger partial charge in [-0.15, -0.1) is 16.9 Å². The molecule has 0 radical (unpaired) electrons. The molecule has 3 aliphatic rings. The van der Waals surface area contributed by atoms with E-state index in [4.69, 9.17) is 14.2 Å². The molecule has 4 aromatic rings. The van der Waals surface area contributed by atoms with Crippen molar-refractivity contribution in [1.82, 2.24) is 45.1 Å². The zero-order valence-electron chi connectivity index (χ0n) is 40.4. The number of carbonyl (C=O) groups excluding carboxylic acids is 8. The number of aromatic nitrogens is 4. The smallest absolute Gasteiger partial charge is 0.412 e. The molecule has 4 atom stereocenters. The number of quaternary nitrogens is 1. The minimum atomic E-state index is -1.86. The van der Waals surface area contributed by atoms with E-state index in [-0.39, 0.29) is 65.7 Å². The number of nitrogens with one attached hydrogen (secondary N) is 4. The Balaban J connectivity index is 1.04. The average molecular weight is 1040 g/mol. The quantitative estimate of drug-likeness (QED) is 0.0268. The molecule has 2 saturated heterocycles. The van der Waals surface area contributed by atoms with Crippen LogP contribution in [0, 0.1) is 0 Å². The second-order valence-electron chi connectivity index (χ2n) is 17.6. The zero-order chi connectivity index (χ0) is 52.8. The summed E-state index contributed by atoms with van der Waals surface area (Å²) in [4.78, 5) is 123. The predicted molar refractivity (Wildman–Crippen MR) is 263 cm³/mol. The molecule has 384 valence electrons. The number of esters is 1. The number of amides is 8. The summed E-state index contributed by atoms with van der Waals surface area (Å²) in [5.74, 6) is -5.59. The van der Waals surface area contributed by atoms with Gasteiger partial charge in [0, 0.05) is 35.7 Å². The Morgan fingerprint density at radius 3 is 2.23 bits per heavy atom. The largest absolute Gasteiger partial charge is 0.477 e. The SMILES string of the molecule is CC[N+]1(c2ccccc2NC(=O)OCC(C(=O)OC)(c2ccccc2)c2ccccc2NC(=O)OC(C)(C)C)CCN(C(=O)NCC(=O)NC2S[C@H]3CC(=O)N3C(C(=O)O)=C2CSc2nnnn2C)C(=O)C1=O. The van der Waals surface area contributed by atoms with Gasteiger partial charge in [-0.1, -0.05) is 72.4 Å². The first kappa shape index (κ1) is 53.0. The number of aliphatic carboxylic acids is 1. The normalized spacial score (nSPS) is 19.4. The first-order valence-electron chi connectivity index (χ1n) is 22.6. The highest BCUT2D eigenvalue weighted by Crippen LogP contribution is 2.45. The number of hydrogen-bond donors (Lipinski definition) is 5. The number of aryl methyl sites for hydroxylation is 1. The fourth-order valence-corrected chi connectivity index (χ4v) is 11.0. The predicted octanol–water partition coefficient (Wildman–Crippen LogP) is 3.55. The van der Waals surface area contributed by atoms with Crippen LogP contribution in [0.15, 0.2) is 95.3 Å². The van der Waals surface area contributed by atoms with Gasteiger partial charge in [0.15, 0.2) is 11.1 Å². The number of urea groups is 1. The van der Waals surface area contributed by atoms with E-state index in [2.05, 4.69) is 36.8 Å². The van der Waals surface area contributed by atoms with E-state index in [0.717, 1.165) is 28.4 Å². The van der Waals surface area contributed by atoms with Crippen molar-refractivity contribution < 1.29 is 62.5 Å². The molecule has 24 nitrogen and oxygen atoms in total. The van der Waals surface area contributed by atoms with Gasteiger partial charge in [-0.05, 0) is 55.8 Å². The number of methoxy groups -OCH3 is 1. The third-order valence-electron chi connectivity index (χ3n) is 12.0. The lowest BCUT2D eigenvalue weighted by molar-refractivity contribution is -0.152. The molecule has 3 aromatic carbocycles. The monoisotopic (exact) mass is 1040 g/mol. The number of ether oxygens (including phenoxy) is 3. The molecule has 26 heteroatoms. The van der Waals surface area contributed by atoms with Gasteiger partial charge >= 0.3 is 42.0 Å². The molecule has 0 aliphatic carbocycles. The Kier molecular flexibility index (Phi) is 15.9. The van der Waals surface area contributed by atoms with Crippen LogP contribution >= 0.6 is 23.5 Å². The van der Waals surface area contributed by atoms with E-state index < -0.39 is 93.2 Å². The Morgan fingerprint density at radius 2 is 1.59 bits per heavy atom. The van der Waals surface area contributed by atoms with Gasteiger partial charge in [0.05, 0.1) is 38.5 Å². The lowest BCUT2D eigenvalue weighted by atomic mass is 9.74. The molecule has 1 aromatic heterocycles. The number of rotatable bonds is 16. The molecule has 7 rings (SSSR count). The molecule has 0 bridgehead atoms. The van der Waals surface area contributed by atoms with Gasteiger partial charge in [0.25, 0.3) is 0 Å². The van der Waals surface area contributed by atoms with Crippen LogP contribution < -0.4 is 25.8 Å². The van der Waals surface area contributed by atoms with Crippen molar-refractivity contribution in [3.63, 3.8) is 0 Å². The number of piperazine rings is 1. The zero-order valence-corrected chi connectivity index (χ0v) is 42.0. The number of carbonyl (C=O) groups is 9. The van der Waals surface area contributed by atoms with Crippen molar-refractivity contribution in [3.05, 3.63) is 101 Å². The molecule has 73 heavy (non-hydrogen) atoms. The number of nitrogens with zero attached hydrogens (tertiary/aromatic N) is 7. The summed E-state index contributed by atoms with van der Waals surface area (Å²) in [7, 11) is 2.76. The fraction of sp³-hybridized carbons (Fsp3) is 0.362. The third-order valence-corrected chi connectivity index (χ3v) is 14.5. The number of likely N-dealkylation sites (N-methyl/N-ethyl adjacent to an activating group) is 1. The van der Waals surface area contributed by atoms with Gasteiger partial charge in [-0.3, -0.25) is 34.7 Å². The number of thioether (sulfide) groups is 2. The average Bonchev–Trinajstić information content (AvgIpc) is 3.77. The maximum atomic E-state index is 14.3. The van der Waals surface area contributed by atoms with Crippen LogP contribution in [0.3, 0.4) is 0 Å².